The Bertz CT molecular complexity index is 260. The van der Waals surface area contributed by atoms with E-state index in [1.807, 2.05) is 0 Å². The van der Waals surface area contributed by atoms with Gasteiger partial charge < -0.3 is 14.1 Å². The number of aromatic nitrogens is 2. The second kappa shape index (κ2) is 5.42. The number of hydrogen-bond donors (Lipinski definition) is 0. The average Bonchev–Trinajstić information content (AvgIpc) is 2.54. The monoisotopic (exact) mass is 184 g/mol. The fraction of sp³-hybridized carbons (Fsp3) is 0.625. The van der Waals surface area contributed by atoms with Crippen molar-refractivity contribution in [3.05, 3.63) is 11.7 Å². The van der Waals surface area contributed by atoms with Crippen LogP contribution in [0.5, 0.6) is 0 Å². The maximum Gasteiger partial charge on any atom is 0.233 e. The Morgan fingerprint density at radius 1 is 1.62 bits per heavy atom. The molecule has 5 nitrogen and oxygen atoms in total. The number of methoxy groups -OCH3 is 1. The summed E-state index contributed by atoms with van der Waals surface area (Å²) < 4.78 is 9.68. The molecule has 0 saturated heterocycles. The van der Waals surface area contributed by atoms with Crippen LogP contribution >= 0.6 is 0 Å². The number of rotatable bonds is 6. The van der Waals surface area contributed by atoms with Gasteiger partial charge in [0.25, 0.3) is 0 Å². The van der Waals surface area contributed by atoms with Crippen LogP contribution in [0.25, 0.3) is 0 Å². The van der Waals surface area contributed by atoms with Crippen LogP contribution in [-0.4, -0.2) is 30.1 Å². The molecule has 0 unspecified atom stereocenters. The van der Waals surface area contributed by atoms with E-state index < -0.39 is 0 Å². The Hall–Kier alpha value is -1.23. The summed E-state index contributed by atoms with van der Waals surface area (Å²) in [5.74, 6) is 1.01. The Morgan fingerprint density at radius 2 is 2.46 bits per heavy atom. The third-order valence-corrected chi connectivity index (χ3v) is 1.52. The van der Waals surface area contributed by atoms with Gasteiger partial charge in [-0.2, -0.15) is 4.98 Å². The van der Waals surface area contributed by atoms with Gasteiger partial charge in [0.15, 0.2) is 5.82 Å². The third-order valence-electron chi connectivity index (χ3n) is 1.52. The third kappa shape index (κ3) is 3.33. The van der Waals surface area contributed by atoms with Gasteiger partial charge in [-0.3, -0.25) is 0 Å². The van der Waals surface area contributed by atoms with E-state index >= 15 is 0 Å². The molecule has 1 heterocycles. The number of hydrogen-bond acceptors (Lipinski definition) is 5. The van der Waals surface area contributed by atoms with Crippen molar-refractivity contribution in [2.75, 3.05) is 13.7 Å². The lowest BCUT2D eigenvalue weighted by Gasteiger charge is -1.92. The molecule has 0 aliphatic carbocycles. The number of ether oxygens (including phenoxy) is 1. The minimum atomic E-state index is 0.192. The average molecular weight is 184 g/mol. The van der Waals surface area contributed by atoms with Gasteiger partial charge in [-0.05, 0) is 6.42 Å². The van der Waals surface area contributed by atoms with E-state index in [9.17, 15) is 4.79 Å². The minimum absolute atomic E-state index is 0.192. The summed E-state index contributed by atoms with van der Waals surface area (Å²) in [6.45, 7) is 0.678. The highest BCUT2D eigenvalue weighted by Crippen LogP contribution is 2.00. The zero-order valence-corrected chi connectivity index (χ0v) is 7.52. The lowest BCUT2D eigenvalue weighted by atomic mass is 10.3. The minimum Gasteiger partial charge on any atom is -0.385 e. The van der Waals surface area contributed by atoms with Gasteiger partial charge in [-0.1, -0.05) is 5.16 Å². The van der Waals surface area contributed by atoms with Crippen molar-refractivity contribution >= 4 is 6.29 Å². The van der Waals surface area contributed by atoms with Gasteiger partial charge in [-0.25, -0.2) is 0 Å². The molecular weight excluding hydrogens is 172 g/mol. The molecular formula is C8H12N2O3. The molecule has 0 aliphatic rings. The van der Waals surface area contributed by atoms with E-state index in [0.29, 0.717) is 18.3 Å². The molecule has 0 aliphatic heterocycles. The summed E-state index contributed by atoms with van der Waals surface area (Å²) in [5, 5.41) is 3.71. The Morgan fingerprint density at radius 3 is 3.15 bits per heavy atom. The second-order valence-corrected chi connectivity index (χ2v) is 2.57. The Balaban J connectivity index is 2.35. The largest absolute Gasteiger partial charge is 0.385 e. The summed E-state index contributed by atoms with van der Waals surface area (Å²) in [6, 6.07) is 0. The van der Waals surface area contributed by atoms with Gasteiger partial charge in [0.2, 0.25) is 5.89 Å². The lowest BCUT2D eigenvalue weighted by molar-refractivity contribution is -0.107. The van der Waals surface area contributed by atoms with Crippen molar-refractivity contribution in [2.24, 2.45) is 0 Å². The van der Waals surface area contributed by atoms with E-state index in [4.69, 9.17) is 9.26 Å². The summed E-state index contributed by atoms with van der Waals surface area (Å²) in [7, 11) is 1.65. The number of nitrogens with zero attached hydrogens (tertiary/aromatic N) is 2. The number of carbonyl (C=O) groups is 1. The van der Waals surface area contributed by atoms with E-state index in [1.54, 1.807) is 7.11 Å². The predicted octanol–water partition coefficient (Wildman–Crippen LogP) is 0.390. The van der Waals surface area contributed by atoms with Crippen LogP contribution in [0.3, 0.4) is 0 Å². The first-order valence-corrected chi connectivity index (χ1v) is 4.11. The van der Waals surface area contributed by atoms with Crippen LogP contribution < -0.4 is 0 Å². The topological polar surface area (TPSA) is 65.2 Å². The van der Waals surface area contributed by atoms with Crippen LogP contribution in [0.1, 0.15) is 18.1 Å². The fourth-order valence-electron chi connectivity index (χ4n) is 0.921. The Kier molecular flexibility index (Phi) is 4.11. The van der Waals surface area contributed by atoms with Crippen molar-refractivity contribution in [2.45, 2.75) is 19.3 Å². The molecule has 0 radical (unpaired) electrons. The predicted molar refractivity (Wildman–Crippen MR) is 44.3 cm³/mol. The standard InChI is InChI=1S/C8H12N2O3/c1-12-6-2-3-7-9-8(4-5-11)13-10-7/h5H,2-4,6H2,1H3. The molecule has 0 atom stereocenters. The molecule has 1 rings (SSSR count). The van der Waals surface area contributed by atoms with Gasteiger partial charge in [0.1, 0.15) is 6.29 Å². The van der Waals surface area contributed by atoms with Crippen LogP contribution in [0.4, 0.5) is 0 Å². The highest BCUT2D eigenvalue weighted by Gasteiger charge is 2.04. The van der Waals surface area contributed by atoms with Crippen LogP contribution in [-0.2, 0) is 22.4 Å². The van der Waals surface area contributed by atoms with Gasteiger partial charge in [0.05, 0.1) is 6.42 Å². The van der Waals surface area contributed by atoms with E-state index in [2.05, 4.69) is 10.1 Å². The first-order chi connectivity index (χ1) is 6.36. The molecule has 0 bridgehead atoms. The normalized spacial score (nSPS) is 10.2. The molecule has 72 valence electrons. The molecule has 13 heavy (non-hydrogen) atoms. The maximum absolute atomic E-state index is 10.1. The lowest BCUT2D eigenvalue weighted by Crippen LogP contribution is -1.94. The highest BCUT2D eigenvalue weighted by molar-refractivity contribution is 5.52. The second-order valence-electron chi connectivity index (χ2n) is 2.57. The van der Waals surface area contributed by atoms with Crippen molar-refractivity contribution in [3.8, 4) is 0 Å². The van der Waals surface area contributed by atoms with Crippen molar-refractivity contribution in [1.29, 1.82) is 0 Å². The fourth-order valence-corrected chi connectivity index (χ4v) is 0.921. The summed E-state index contributed by atoms with van der Waals surface area (Å²) in [6.07, 6.45) is 2.51. The van der Waals surface area contributed by atoms with Crippen LogP contribution in [0, 0.1) is 0 Å². The quantitative estimate of drug-likeness (QED) is 0.472. The first-order valence-electron chi connectivity index (χ1n) is 4.11. The number of aryl methyl sites for hydroxylation is 1. The molecule has 0 N–H and O–H groups in total. The summed E-state index contributed by atoms with van der Waals surface area (Å²) >= 11 is 0. The number of aldehydes is 1. The Labute approximate surface area is 76.1 Å². The summed E-state index contributed by atoms with van der Waals surface area (Å²) in [4.78, 5) is 14.1. The molecule has 0 aromatic carbocycles. The smallest absolute Gasteiger partial charge is 0.233 e. The maximum atomic E-state index is 10.1. The molecule has 1 aromatic rings. The molecule has 0 spiro atoms. The SMILES string of the molecule is COCCCc1noc(CC=O)n1. The summed E-state index contributed by atoms with van der Waals surface area (Å²) in [5.41, 5.74) is 0. The first kappa shape index (κ1) is 9.85. The van der Waals surface area contributed by atoms with Crippen LogP contribution in [0.15, 0.2) is 4.52 Å². The van der Waals surface area contributed by atoms with Crippen molar-refractivity contribution in [3.63, 3.8) is 0 Å². The van der Waals surface area contributed by atoms with E-state index in [1.165, 1.54) is 0 Å². The number of carbonyl (C=O) groups excluding carboxylic acids is 1. The van der Waals surface area contributed by atoms with E-state index in [0.717, 1.165) is 19.1 Å². The molecule has 0 saturated carbocycles. The molecule has 0 fully saturated rings. The molecule has 5 heteroatoms. The van der Waals surface area contributed by atoms with Gasteiger partial charge in [0, 0.05) is 20.1 Å². The zero-order valence-electron chi connectivity index (χ0n) is 7.52. The van der Waals surface area contributed by atoms with Crippen LogP contribution in [0.2, 0.25) is 0 Å². The van der Waals surface area contributed by atoms with Gasteiger partial charge in [-0.15, -0.1) is 0 Å². The zero-order chi connectivity index (χ0) is 9.52. The molecule has 0 amide bonds. The van der Waals surface area contributed by atoms with E-state index in [-0.39, 0.29) is 6.42 Å². The molecule has 1 aromatic heterocycles. The van der Waals surface area contributed by atoms with Crippen molar-refractivity contribution < 1.29 is 14.1 Å². The van der Waals surface area contributed by atoms with Gasteiger partial charge >= 0.3 is 0 Å². The van der Waals surface area contributed by atoms with Crippen molar-refractivity contribution in [1.82, 2.24) is 10.1 Å². The highest BCUT2D eigenvalue weighted by atomic mass is 16.5.